The minimum Gasteiger partial charge on any atom is -0.497 e. The third-order valence-corrected chi connectivity index (χ3v) is 2.97. The summed E-state index contributed by atoms with van der Waals surface area (Å²) >= 11 is 0. The topological polar surface area (TPSA) is 66.0 Å². The number of fused-ring (bicyclic) bond motifs is 1. The summed E-state index contributed by atoms with van der Waals surface area (Å²) in [6.07, 6.45) is 1.81. The maximum absolute atomic E-state index is 6.00. The Morgan fingerprint density at radius 2 is 2.11 bits per heavy atom. The highest BCUT2D eigenvalue weighted by Gasteiger charge is 2.11. The number of nitrogens with zero attached hydrogens (tertiary/aromatic N) is 3. The Bertz CT molecular complexity index is 748. The fourth-order valence-corrected chi connectivity index (χ4v) is 2.09. The van der Waals surface area contributed by atoms with E-state index in [2.05, 4.69) is 9.97 Å². The first kappa shape index (κ1) is 11.5. The Balaban J connectivity index is 2.26. The van der Waals surface area contributed by atoms with Crippen LogP contribution in [-0.2, 0) is 0 Å². The molecule has 3 rings (SSSR count). The summed E-state index contributed by atoms with van der Waals surface area (Å²) < 4.78 is 7.05. The average molecular weight is 254 g/mol. The number of benzene rings is 1. The second-order valence-corrected chi connectivity index (χ2v) is 4.36. The summed E-state index contributed by atoms with van der Waals surface area (Å²) in [7, 11) is 1.64. The van der Waals surface area contributed by atoms with Crippen molar-refractivity contribution in [1.82, 2.24) is 14.5 Å². The molecule has 2 N–H and O–H groups in total. The Kier molecular flexibility index (Phi) is 2.59. The highest BCUT2D eigenvalue weighted by molar-refractivity contribution is 5.77. The van der Waals surface area contributed by atoms with Crippen LogP contribution < -0.4 is 10.5 Å². The summed E-state index contributed by atoms with van der Waals surface area (Å²) in [6.45, 7) is 1.98. The van der Waals surface area contributed by atoms with Crippen molar-refractivity contribution in [2.24, 2.45) is 0 Å². The maximum atomic E-state index is 6.00. The first-order valence-electron chi connectivity index (χ1n) is 5.94. The molecule has 0 aliphatic heterocycles. The quantitative estimate of drug-likeness (QED) is 0.762. The van der Waals surface area contributed by atoms with Crippen LogP contribution in [0.1, 0.15) is 5.56 Å². The molecule has 96 valence electrons. The summed E-state index contributed by atoms with van der Waals surface area (Å²) in [6, 6.07) is 9.61. The smallest absolute Gasteiger partial charge is 0.207 e. The van der Waals surface area contributed by atoms with Crippen LogP contribution in [0.3, 0.4) is 0 Å². The molecule has 5 nitrogen and oxygen atoms in total. The zero-order valence-electron chi connectivity index (χ0n) is 10.8. The molecule has 2 aromatic heterocycles. The van der Waals surface area contributed by atoms with E-state index in [0.717, 1.165) is 28.2 Å². The van der Waals surface area contributed by atoms with Crippen molar-refractivity contribution in [1.29, 1.82) is 0 Å². The van der Waals surface area contributed by atoms with Crippen molar-refractivity contribution in [3.63, 3.8) is 0 Å². The van der Waals surface area contributed by atoms with E-state index in [1.807, 2.05) is 41.8 Å². The number of hydrogen-bond acceptors (Lipinski definition) is 4. The standard InChI is InChI=1S/C14H14N4O/c1-9-6-12-13(16-8-9)18(14(15)17-12)10-4-3-5-11(7-10)19-2/h3-8H,1-2H3,(H2,15,17). The molecule has 0 unspecified atom stereocenters. The molecule has 0 radical (unpaired) electrons. The predicted octanol–water partition coefficient (Wildman–Crippen LogP) is 2.32. The van der Waals surface area contributed by atoms with Gasteiger partial charge in [-0.15, -0.1) is 0 Å². The zero-order valence-corrected chi connectivity index (χ0v) is 10.8. The Morgan fingerprint density at radius 1 is 1.26 bits per heavy atom. The van der Waals surface area contributed by atoms with Crippen LogP contribution in [0.2, 0.25) is 0 Å². The normalized spacial score (nSPS) is 10.8. The van der Waals surface area contributed by atoms with E-state index in [0.29, 0.717) is 5.95 Å². The van der Waals surface area contributed by atoms with E-state index in [4.69, 9.17) is 10.5 Å². The van der Waals surface area contributed by atoms with Crippen LogP contribution in [-0.4, -0.2) is 21.6 Å². The first-order chi connectivity index (χ1) is 9.19. The van der Waals surface area contributed by atoms with Crippen molar-refractivity contribution < 1.29 is 4.74 Å². The van der Waals surface area contributed by atoms with Crippen LogP contribution in [0.15, 0.2) is 36.5 Å². The summed E-state index contributed by atoms with van der Waals surface area (Å²) in [5.74, 6) is 1.19. The third kappa shape index (κ3) is 1.89. The lowest BCUT2D eigenvalue weighted by molar-refractivity contribution is 0.414. The molecular weight excluding hydrogens is 240 g/mol. The number of ether oxygens (including phenoxy) is 1. The van der Waals surface area contributed by atoms with Crippen molar-refractivity contribution in [3.8, 4) is 11.4 Å². The highest BCUT2D eigenvalue weighted by Crippen LogP contribution is 2.24. The minimum atomic E-state index is 0.418. The number of hydrogen-bond donors (Lipinski definition) is 1. The van der Waals surface area contributed by atoms with E-state index in [9.17, 15) is 0 Å². The van der Waals surface area contributed by atoms with E-state index in [-0.39, 0.29) is 0 Å². The Hall–Kier alpha value is -2.56. The molecule has 0 amide bonds. The number of imidazole rings is 1. The molecule has 0 aliphatic carbocycles. The van der Waals surface area contributed by atoms with Crippen LogP contribution in [0, 0.1) is 6.92 Å². The molecule has 0 bridgehead atoms. The molecule has 1 aromatic carbocycles. The average Bonchev–Trinajstić information content (AvgIpc) is 2.73. The number of aromatic nitrogens is 3. The van der Waals surface area contributed by atoms with Gasteiger partial charge in [0, 0.05) is 12.3 Å². The van der Waals surface area contributed by atoms with Crippen LogP contribution in [0.4, 0.5) is 5.95 Å². The van der Waals surface area contributed by atoms with E-state index in [1.54, 1.807) is 13.3 Å². The summed E-state index contributed by atoms with van der Waals surface area (Å²) in [4.78, 5) is 8.76. The molecule has 0 aliphatic rings. The van der Waals surface area contributed by atoms with Crippen molar-refractivity contribution >= 4 is 17.1 Å². The number of rotatable bonds is 2. The van der Waals surface area contributed by atoms with Gasteiger partial charge in [-0.3, -0.25) is 4.57 Å². The fourth-order valence-electron chi connectivity index (χ4n) is 2.09. The van der Waals surface area contributed by atoms with E-state index >= 15 is 0 Å². The van der Waals surface area contributed by atoms with E-state index in [1.165, 1.54) is 0 Å². The second-order valence-electron chi connectivity index (χ2n) is 4.36. The fraction of sp³-hybridized carbons (Fsp3) is 0.143. The van der Waals surface area contributed by atoms with Crippen LogP contribution in [0.25, 0.3) is 16.9 Å². The van der Waals surface area contributed by atoms with Gasteiger partial charge in [0.25, 0.3) is 0 Å². The van der Waals surface area contributed by atoms with Crippen molar-refractivity contribution in [2.75, 3.05) is 12.8 Å². The largest absolute Gasteiger partial charge is 0.497 e. The van der Waals surface area contributed by atoms with Gasteiger partial charge >= 0.3 is 0 Å². The maximum Gasteiger partial charge on any atom is 0.207 e. The molecule has 0 fully saturated rings. The van der Waals surface area contributed by atoms with Gasteiger partial charge in [0.2, 0.25) is 5.95 Å². The SMILES string of the molecule is COc1cccc(-n2c(N)nc3cc(C)cnc32)c1. The Labute approximate surface area is 110 Å². The van der Waals surface area contributed by atoms with Crippen LogP contribution >= 0.6 is 0 Å². The molecule has 0 atom stereocenters. The van der Waals surface area contributed by atoms with Gasteiger partial charge in [0.05, 0.1) is 12.8 Å². The summed E-state index contributed by atoms with van der Waals surface area (Å²) in [5, 5.41) is 0. The first-order valence-corrected chi connectivity index (χ1v) is 5.94. The zero-order chi connectivity index (χ0) is 13.4. The lowest BCUT2D eigenvalue weighted by Crippen LogP contribution is -2.01. The molecule has 0 saturated heterocycles. The highest BCUT2D eigenvalue weighted by atomic mass is 16.5. The molecule has 3 aromatic rings. The number of anilines is 1. The molecule has 2 heterocycles. The van der Waals surface area contributed by atoms with Gasteiger partial charge in [-0.25, -0.2) is 9.97 Å². The molecule has 0 saturated carbocycles. The molecule has 5 heteroatoms. The number of methoxy groups -OCH3 is 1. The third-order valence-electron chi connectivity index (χ3n) is 2.97. The predicted molar refractivity (Wildman–Crippen MR) is 74.6 cm³/mol. The van der Waals surface area contributed by atoms with Gasteiger partial charge in [0.15, 0.2) is 5.65 Å². The lowest BCUT2D eigenvalue weighted by atomic mass is 10.3. The lowest BCUT2D eigenvalue weighted by Gasteiger charge is -2.07. The molecular formula is C14H14N4O. The van der Waals surface area contributed by atoms with Gasteiger partial charge in [-0.2, -0.15) is 0 Å². The molecule has 19 heavy (non-hydrogen) atoms. The number of nitrogen functional groups attached to an aromatic ring is 1. The van der Waals surface area contributed by atoms with Gasteiger partial charge in [0.1, 0.15) is 11.3 Å². The number of pyridine rings is 1. The summed E-state index contributed by atoms with van der Waals surface area (Å²) in [5.41, 5.74) is 9.48. The monoisotopic (exact) mass is 254 g/mol. The number of nitrogens with two attached hydrogens (primary N) is 1. The van der Waals surface area contributed by atoms with Crippen molar-refractivity contribution in [2.45, 2.75) is 6.92 Å². The van der Waals surface area contributed by atoms with Gasteiger partial charge in [-0.05, 0) is 30.7 Å². The second kappa shape index (κ2) is 4.28. The number of aryl methyl sites for hydroxylation is 1. The molecule has 0 spiro atoms. The van der Waals surface area contributed by atoms with Gasteiger partial charge in [-0.1, -0.05) is 6.07 Å². The Morgan fingerprint density at radius 3 is 2.89 bits per heavy atom. The van der Waals surface area contributed by atoms with Crippen LogP contribution in [0.5, 0.6) is 5.75 Å². The van der Waals surface area contributed by atoms with E-state index < -0.39 is 0 Å². The van der Waals surface area contributed by atoms with Gasteiger partial charge < -0.3 is 10.5 Å². The van der Waals surface area contributed by atoms with Crippen molar-refractivity contribution in [3.05, 3.63) is 42.1 Å². The minimum absolute atomic E-state index is 0.418.